The van der Waals surface area contributed by atoms with Crippen molar-refractivity contribution in [2.24, 2.45) is 5.92 Å². The molecular formula is C16H24BrNO3. The molecule has 118 valence electrons. The Hall–Kier alpha value is -1.07. The van der Waals surface area contributed by atoms with Gasteiger partial charge in [-0.05, 0) is 43.5 Å². The molecule has 1 aromatic rings. The average Bonchev–Trinajstić information content (AvgIpc) is 2.45. The Morgan fingerprint density at radius 1 is 1.33 bits per heavy atom. The molecule has 0 aromatic heterocycles. The minimum Gasteiger partial charge on any atom is -0.493 e. The molecule has 0 aliphatic carbocycles. The second-order valence-corrected chi connectivity index (χ2v) is 6.34. The maximum Gasteiger partial charge on any atom is 0.256 e. The molecule has 1 atom stereocenters. The van der Waals surface area contributed by atoms with Crippen molar-refractivity contribution < 1.29 is 14.3 Å². The fourth-order valence-electron chi connectivity index (χ4n) is 2.10. The summed E-state index contributed by atoms with van der Waals surface area (Å²) in [5.41, 5.74) is -0.0857. The highest BCUT2D eigenvalue weighted by Gasteiger charge is 2.33. The zero-order chi connectivity index (χ0) is 15.9. The van der Waals surface area contributed by atoms with E-state index in [2.05, 4.69) is 35.1 Å². The number of nitrogens with one attached hydrogen (secondary N) is 1. The van der Waals surface area contributed by atoms with Crippen LogP contribution in [0, 0.1) is 5.92 Å². The van der Waals surface area contributed by atoms with Gasteiger partial charge in [0.25, 0.3) is 5.91 Å². The zero-order valence-corrected chi connectivity index (χ0v) is 14.7. The first-order valence-corrected chi connectivity index (χ1v) is 8.19. The fourth-order valence-corrected chi connectivity index (χ4v) is 2.26. The molecule has 5 heteroatoms. The third-order valence-electron chi connectivity index (χ3n) is 3.19. The van der Waals surface area contributed by atoms with Crippen molar-refractivity contribution in [3.8, 4) is 5.75 Å². The van der Waals surface area contributed by atoms with Crippen molar-refractivity contribution in [3.63, 3.8) is 0 Å². The fraction of sp³-hybridized carbons (Fsp3) is 0.562. The largest absolute Gasteiger partial charge is 0.493 e. The minimum absolute atomic E-state index is 0.132. The summed E-state index contributed by atoms with van der Waals surface area (Å²) in [6.07, 6.45) is 0.668. The molecule has 0 spiro atoms. The Labute approximate surface area is 135 Å². The number of anilines is 1. The van der Waals surface area contributed by atoms with Crippen molar-refractivity contribution in [3.05, 3.63) is 24.3 Å². The van der Waals surface area contributed by atoms with E-state index in [1.165, 1.54) is 0 Å². The summed E-state index contributed by atoms with van der Waals surface area (Å²) in [5.74, 6) is 1.03. The predicted molar refractivity (Wildman–Crippen MR) is 89.2 cm³/mol. The van der Waals surface area contributed by atoms with Gasteiger partial charge in [-0.25, -0.2) is 0 Å². The molecule has 21 heavy (non-hydrogen) atoms. The van der Waals surface area contributed by atoms with Crippen LogP contribution in [0.3, 0.4) is 0 Å². The summed E-state index contributed by atoms with van der Waals surface area (Å²) in [6.45, 7) is 6.57. The highest BCUT2D eigenvalue weighted by atomic mass is 79.9. The van der Waals surface area contributed by atoms with E-state index in [1.54, 1.807) is 7.11 Å². The van der Waals surface area contributed by atoms with Crippen LogP contribution in [-0.4, -0.2) is 30.6 Å². The second kappa shape index (κ2) is 8.39. The summed E-state index contributed by atoms with van der Waals surface area (Å²) in [6, 6.07) is 7.33. The van der Waals surface area contributed by atoms with E-state index in [0.717, 1.165) is 16.8 Å². The summed E-state index contributed by atoms with van der Waals surface area (Å²) in [5, 5.41) is 3.68. The van der Waals surface area contributed by atoms with Gasteiger partial charge >= 0.3 is 0 Å². The monoisotopic (exact) mass is 357 g/mol. The Bertz CT molecular complexity index is 447. The summed E-state index contributed by atoms with van der Waals surface area (Å²) in [4.78, 5) is 12.4. The number of amides is 1. The third kappa shape index (κ3) is 5.67. The number of carbonyl (C=O) groups excluding carboxylic acids is 1. The van der Waals surface area contributed by atoms with E-state index < -0.39 is 5.60 Å². The number of ether oxygens (including phenoxy) is 2. The van der Waals surface area contributed by atoms with E-state index in [1.807, 2.05) is 31.2 Å². The number of methoxy groups -OCH3 is 1. The molecule has 1 rings (SSSR count). The Morgan fingerprint density at radius 2 is 1.95 bits per heavy atom. The molecule has 1 aromatic carbocycles. The molecular weight excluding hydrogens is 334 g/mol. The first-order valence-electron chi connectivity index (χ1n) is 7.06. The van der Waals surface area contributed by atoms with Gasteiger partial charge in [0.1, 0.15) is 11.4 Å². The molecule has 0 bridgehead atoms. The lowest BCUT2D eigenvalue weighted by molar-refractivity contribution is -0.137. The Morgan fingerprint density at radius 3 is 2.43 bits per heavy atom. The standard InChI is InChI=1S/C16H24BrNO3/c1-12(2)11-16(3,20-4)15(19)18-13-5-7-14(8-6-13)21-10-9-17/h5-8,12H,9-11H2,1-4H3,(H,18,19)/t16-/m1/s1. The van der Waals surface area contributed by atoms with Gasteiger partial charge < -0.3 is 14.8 Å². The van der Waals surface area contributed by atoms with E-state index in [9.17, 15) is 4.79 Å². The third-order valence-corrected chi connectivity index (χ3v) is 3.51. The van der Waals surface area contributed by atoms with Crippen molar-refractivity contribution in [1.29, 1.82) is 0 Å². The van der Waals surface area contributed by atoms with E-state index in [-0.39, 0.29) is 5.91 Å². The number of benzene rings is 1. The van der Waals surface area contributed by atoms with E-state index >= 15 is 0 Å². The van der Waals surface area contributed by atoms with Crippen LogP contribution in [0.5, 0.6) is 5.75 Å². The summed E-state index contributed by atoms with van der Waals surface area (Å²) >= 11 is 3.31. The van der Waals surface area contributed by atoms with Gasteiger partial charge in [-0.2, -0.15) is 0 Å². The average molecular weight is 358 g/mol. The quantitative estimate of drug-likeness (QED) is 0.718. The highest BCUT2D eigenvalue weighted by molar-refractivity contribution is 9.09. The van der Waals surface area contributed by atoms with Crippen molar-refractivity contribution in [2.75, 3.05) is 24.4 Å². The predicted octanol–water partition coefficient (Wildman–Crippen LogP) is 3.85. The van der Waals surface area contributed by atoms with Gasteiger partial charge in [0.15, 0.2) is 0 Å². The van der Waals surface area contributed by atoms with Gasteiger partial charge in [-0.15, -0.1) is 0 Å². The number of halogens is 1. The SMILES string of the molecule is CO[C@](C)(CC(C)C)C(=O)Nc1ccc(OCCBr)cc1. The molecule has 0 aliphatic rings. The molecule has 0 heterocycles. The topological polar surface area (TPSA) is 47.6 Å². The normalized spacial score (nSPS) is 13.8. The number of alkyl halides is 1. The summed E-state index contributed by atoms with van der Waals surface area (Å²) < 4.78 is 10.9. The molecule has 1 N–H and O–H groups in total. The molecule has 0 aliphatic heterocycles. The van der Waals surface area contributed by atoms with Crippen LogP contribution in [0.2, 0.25) is 0 Å². The Kier molecular flexibility index (Phi) is 7.18. The molecule has 0 saturated carbocycles. The highest BCUT2D eigenvalue weighted by Crippen LogP contribution is 2.23. The van der Waals surface area contributed by atoms with Gasteiger partial charge in [-0.3, -0.25) is 4.79 Å². The van der Waals surface area contributed by atoms with Crippen molar-refractivity contribution in [2.45, 2.75) is 32.8 Å². The first-order chi connectivity index (χ1) is 9.91. The number of hydrogen-bond acceptors (Lipinski definition) is 3. The summed E-state index contributed by atoms with van der Waals surface area (Å²) in [7, 11) is 1.57. The molecule has 0 unspecified atom stereocenters. The molecule has 4 nitrogen and oxygen atoms in total. The van der Waals surface area contributed by atoms with Crippen molar-refractivity contribution in [1.82, 2.24) is 0 Å². The lowest BCUT2D eigenvalue weighted by Gasteiger charge is -2.28. The number of hydrogen-bond donors (Lipinski definition) is 1. The van der Waals surface area contributed by atoms with E-state index in [4.69, 9.17) is 9.47 Å². The van der Waals surface area contributed by atoms with Crippen LogP contribution in [0.4, 0.5) is 5.69 Å². The molecule has 1 amide bonds. The smallest absolute Gasteiger partial charge is 0.256 e. The van der Waals surface area contributed by atoms with Crippen LogP contribution in [-0.2, 0) is 9.53 Å². The molecule has 0 saturated heterocycles. The van der Waals surface area contributed by atoms with Crippen LogP contribution in [0.25, 0.3) is 0 Å². The number of carbonyl (C=O) groups is 1. The zero-order valence-electron chi connectivity index (χ0n) is 13.1. The van der Waals surface area contributed by atoms with E-state index in [0.29, 0.717) is 18.9 Å². The lowest BCUT2D eigenvalue weighted by Crippen LogP contribution is -2.43. The number of rotatable bonds is 8. The van der Waals surface area contributed by atoms with Gasteiger partial charge in [0.2, 0.25) is 0 Å². The first kappa shape index (κ1) is 18.0. The van der Waals surface area contributed by atoms with Gasteiger partial charge in [0.05, 0.1) is 6.61 Å². The van der Waals surface area contributed by atoms with Crippen molar-refractivity contribution >= 4 is 27.5 Å². The Balaban J connectivity index is 2.68. The lowest BCUT2D eigenvalue weighted by atomic mass is 9.93. The molecule has 0 fully saturated rings. The maximum atomic E-state index is 12.4. The van der Waals surface area contributed by atoms with Gasteiger partial charge in [0, 0.05) is 18.1 Å². The van der Waals surface area contributed by atoms with Crippen LogP contribution < -0.4 is 10.1 Å². The maximum absolute atomic E-state index is 12.4. The van der Waals surface area contributed by atoms with Gasteiger partial charge in [-0.1, -0.05) is 29.8 Å². The van der Waals surface area contributed by atoms with Crippen LogP contribution in [0.15, 0.2) is 24.3 Å². The van der Waals surface area contributed by atoms with Crippen LogP contribution >= 0.6 is 15.9 Å². The molecule has 0 radical (unpaired) electrons. The minimum atomic E-state index is -0.820. The second-order valence-electron chi connectivity index (χ2n) is 5.55. The van der Waals surface area contributed by atoms with Crippen LogP contribution in [0.1, 0.15) is 27.2 Å².